The number of benzene rings is 1. The van der Waals surface area contributed by atoms with Crippen molar-refractivity contribution in [3.05, 3.63) is 23.2 Å². The molecular formula is C14H19ClN2O3S. The van der Waals surface area contributed by atoms with Crippen molar-refractivity contribution in [2.24, 2.45) is 16.5 Å². The molecule has 0 bridgehead atoms. The number of hydrogen-bond acceptors (Lipinski definition) is 3. The van der Waals surface area contributed by atoms with Gasteiger partial charge in [0.2, 0.25) is 15.9 Å². The lowest BCUT2D eigenvalue weighted by molar-refractivity contribution is -0.122. The molecule has 0 spiro atoms. The first-order valence-corrected chi connectivity index (χ1v) is 8.67. The Morgan fingerprint density at radius 2 is 2.10 bits per heavy atom. The molecule has 1 aromatic rings. The highest BCUT2D eigenvalue weighted by Crippen LogP contribution is 2.43. The number of amides is 1. The van der Waals surface area contributed by atoms with Gasteiger partial charge in [-0.3, -0.25) is 4.79 Å². The molecule has 1 saturated carbocycles. The van der Waals surface area contributed by atoms with Gasteiger partial charge in [0.15, 0.2) is 0 Å². The average Bonchev–Trinajstić information content (AvgIpc) is 2.67. The van der Waals surface area contributed by atoms with E-state index in [2.05, 4.69) is 19.2 Å². The lowest BCUT2D eigenvalue weighted by Crippen LogP contribution is -2.30. The molecule has 0 heterocycles. The number of halogens is 1. The molecule has 0 radical (unpaired) electrons. The van der Waals surface area contributed by atoms with Gasteiger partial charge in [-0.1, -0.05) is 31.9 Å². The number of sulfonamides is 1. The zero-order chi connectivity index (χ0) is 15.8. The van der Waals surface area contributed by atoms with Crippen LogP contribution in [0.1, 0.15) is 33.1 Å². The molecular weight excluding hydrogens is 312 g/mol. The number of nitrogens with two attached hydrogens (primary N) is 1. The molecule has 7 heteroatoms. The second kappa shape index (κ2) is 5.59. The van der Waals surface area contributed by atoms with E-state index in [1.54, 1.807) is 0 Å². The van der Waals surface area contributed by atoms with Crippen LogP contribution in [0.4, 0.5) is 5.69 Å². The van der Waals surface area contributed by atoms with Crippen LogP contribution in [0.3, 0.4) is 0 Å². The van der Waals surface area contributed by atoms with Crippen LogP contribution in [0.15, 0.2) is 23.1 Å². The Balaban J connectivity index is 2.18. The number of carbonyl (C=O) groups is 1. The summed E-state index contributed by atoms with van der Waals surface area (Å²) in [7, 11) is -3.86. The molecule has 1 atom stereocenters. The van der Waals surface area contributed by atoms with Crippen LogP contribution in [-0.4, -0.2) is 14.3 Å². The van der Waals surface area contributed by atoms with E-state index < -0.39 is 10.0 Å². The molecule has 1 aliphatic rings. The fourth-order valence-corrected chi connectivity index (χ4v) is 3.94. The standard InChI is InChI=1S/C14H19ClN2O3S/c1-14(2)7-3-4-10(14)13(18)17-9-5-6-12(11(15)8-9)21(16,19)20/h5-6,8,10H,3-4,7H2,1-2H3,(H,17,18)(H2,16,19,20). The Morgan fingerprint density at radius 3 is 2.57 bits per heavy atom. The first kappa shape index (κ1) is 16.3. The van der Waals surface area contributed by atoms with Crippen LogP contribution in [0, 0.1) is 11.3 Å². The summed E-state index contributed by atoms with van der Waals surface area (Å²) in [5, 5.41) is 7.85. The van der Waals surface area contributed by atoms with Crippen molar-refractivity contribution < 1.29 is 13.2 Å². The zero-order valence-electron chi connectivity index (χ0n) is 12.0. The second-order valence-corrected chi connectivity index (χ2v) is 8.05. The molecule has 3 N–H and O–H groups in total. The largest absolute Gasteiger partial charge is 0.326 e. The van der Waals surface area contributed by atoms with Gasteiger partial charge in [0, 0.05) is 11.6 Å². The molecule has 5 nitrogen and oxygen atoms in total. The number of hydrogen-bond donors (Lipinski definition) is 2. The van der Waals surface area contributed by atoms with Gasteiger partial charge in [0.05, 0.1) is 5.02 Å². The van der Waals surface area contributed by atoms with Crippen LogP contribution >= 0.6 is 11.6 Å². The SMILES string of the molecule is CC1(C)CCCC1C(=O)Nc1ccc(S(N)(=O)=O)c(Cl)c1. The van der Waals surface area contributed by atoms with Gasteiger partial charge in [-0.2, -0.15) is 0 Å². The molecule has 2 rings (SSSR count). The summed E-state index contributed by atoms with van der Waals surface area (Å²) in [6.45, 7) is 4.17. The van der Waals surface area contributed by atoms with Gasteiger partial charge in [-0.05, 0) is 36.5 Å². The minimum atomic E-state index is -3.86. The van der Waals surface area contributed by atoms with E-state index in [0.29, 0.717) is 5.69 Å². The molecule has 1 aromatic carbocycles. The van der Waals surface area contributed by atoms with Gasteiger partial charge in [0.1, 0.15) is 4.90 Å². The van der Waals surface area contributed by atoms with Gasteiger partial charge in [-0.25, -0.2) is 13.6 Å². The maximum absolute atomic E-state index is 12.3. The quantitative estimate of drug-likeness (QED) is 0.893. The van der Waals surface area contributed by atoms with E-state index in [9.17, 15) is 13.2 Å². The molecule has 21 heavy (non-hydrogen) atoms. The molecule has 0 saturated heterocycles. The Kier molecular flexibility index (Phi) is 4.33. The van der Waals surface area contributed by atoms with Crippen LogP contribution < -0.4 is 10.5 Å². The van der Waals surface area contributed by atoms with E-state index in [0.717, 1.165) is 19.3 Å². The van der Waals surface area contributed by atoms with E-state index in [1.807, 2.05) is 0 Å². The third kappa shape index (κ3) is 3.56. The van der Waals surface area contributed by atoms with Gasteiger partial charge < -0.3 is 5.32 Å². The zero-order valence-corrected chi connectivity index (χ0v) is 13.6. The van der Waals surface area contributed by atoms with Crippen molar-refractivity contribution in [2.45, 2.75) is 38.0 Å². The molecule has 116 valence electrons. The van der Waals surface area contributed by atoms with E-state index in [4.69, 9.17) is 16.7 Å². The Bertz CT molecular complexity index is 671. The van der Waals surface area contributed by atoms with Crippen molar-refractivity contribution in [3.8, 4) is 0 Å². The minimum absolute atomic E-state index is 0.000909. The lowest BCUT2D eigenvalue weighted by atomic mass is 9.81. The van der Waals surface area contributed by atoms with Gasteiger partial charge >= 0.3 is 0 Å². The minimum Gasteiger partial charge on any atom is -0.326 e. The van der Waals surface area contributed by atoms with Crippen LogP contribution in [0.2, 0.25) is 5.02 Å². The maximum atomic E-state index is 12.3. The highest BCUT2D eigenvalue weighted by Gasteiger charge is 2.39. The number of rotatable bonds is 3. The van der Waals surface area contributed by atoms with Crippen molar-refractivity contribution >= 4 is 33.2 Å². The maximum Gasteiger partial charge on any atom is 0.239 e. The summed E-state index contributed by atoms with van der Waals surface area (Å²) >= 11 is 5.90. The lowest BCUT2D eigenvalue weighted by Gasteiger charge is -2.25. The highest BCUT2D eigenvalue weighted by atomic mass is 35.5. The third-order valence-corrected chi connectivity index (χ3v) is 5.47. The first-order valence-electron chi connectivity index (χ1n) is 6.74. The summed E-state index contributed by atoms with van der Waals surface area (Å²) in [5.74, 6) is -0.105. The molecule has 0 aromatic heterocycles. The number of nitrogens with one attached hydrogen (secondary N) is 1. The predicted molar refractivity (Wildman–Crippen MR) is 82.6 cm³/mol. The Labute approximate surface area is 129 Å². The molecule has 1 fully saturated rings. The van der Waals surface area contributed by atoms with Crippen LogP contribution in [0.5, 0.6) is 0 Å². The van der Waals surface area contributed by atoms with Gasteiger partial charge in [0.25, 0.3) is 0 Å². The summed E-state index contributed by atoms with van der Waals surface area (Å²) in [6, 6.07) is 4.19. The second-order valence-electron chi connectivity index (χ2n) is 6.11. The van der Waals surface area contributed by atoms with Crippen molar-refractivity contribution in [2.75, 3.05) is 5.32 Å². The molecule has 1 unspecified atom stereocenters. The van der Waals surface area contributed by atoms with E-state index >= 15 is 0 Å². The summed E-state index contributed by atoms with van der Waals surface area (Å²) in [6.07, 6.45) is 2.92. The van der Waals surface area contributed by atoms with E-state index in [-0.39, 0.29) is 27.2 Å². The van der Waals surface area contributed by atoms with E-state index in [1.165, 1.54) is 18.2 Å². The average molecular weight is 331 g/mol. The predicted octanol–water partition coefficient (Wildman–Crippen LogP) is 2.75. The smallest absolute Gasteiger partial charge is 0.239 e. The topological polar surface area (TPSA) is 89.3 Å². The summed E-state index contributed by atoms with van der Waals surface area (Å²) in [4.78, 5) is 12.2. The number of carbonyl (C=O) groups excluding carboxylic acids is 1. The number of anilines is 1. The summed E-state index contributed by atoms with van der Waals surface area (Å²) in [5.41, 5.74) is 0.453. The molecule has 1 aliphatic carbocycles. The Morgan fingerprint density at radius 1 is 1.43 bits per heavy atom. The highest BCUT2D eigenvalue weighted by molar-refractivity contribution is 7.89. The van der Waals surface area contributed by atoms with Crippen molar-refractivity contribution in [3.63, 3.8) is 0 Å². The van der Waals surface area contributed by atoms with Crippen LogP contribution in [-0.2, 0) is 14.8 Å². The number of primary sulfonamides is 1. The molecule has 0 aliphatic heterocycles. The molecule has 1 amide bonds. The van der Waals surface area contributed by atoms with Gasteiger partial charge in [-0.15, -0.1) is 0 Å². The fraction of sp³-hybridized carbons (Fsp3) is 0.500. The van der Waals surface area contributed by atoms with Crippen LogP contribution in [0.25, 0.3) is 0 Å². The van der Waals surface area contributed by atoms with Crippen molar-refractivity contribution in [1.29, 1.82) is 0 Å². The monoisotopic (exact) mass is 330 g/mol. The Hall–Kier alpha value is -1.11. The normalized spacial score (nSPS) is 21.2. The third-order valence-electron chi connectivity index (χ3n) is 4.08. The fourth-order valence-electron chi connectivity index (χ4n) is 2.85. The first-order chi connectivity index (χ1) is 9.61. The van der Waals surface area contributed by atoms with Crippen molar-refractivity contribution in [1.82, 2.24) is 0 Å². The summed E-state index contributed by atoms with van der Waals surface area (Å²) < 4.78 is 22.6.